The van der Waals surface area contributed by atoms with Gasteiger partial charge >= 0.3 is 0 Å². The molecule has 0 aliphatic carbocycles. The number of para-hydroxylation sites is 2. The topological polar surface area (TPSA) is 80.5 Å². The summed E-state index contributed by atoms with van der Waals surface area (Å²) in [6, 6.07) is 12.9. The minimum absolute atomic E-state index is 0.0367. The summed E-state index contributed by atoms with van der Waals surface area (Å²) in [6.07, 6.45) is 1.16. The molecule has 0 bridgehead atoms. The van der Waals surface area contributed by atoms with E-state index in [0.29, 0.717) is 5.69 Å². The highest BCUT2D eigenvalue weighted by Crippen LogP contribution is 2.32. The number of anilines is 1. The van der Waals surface area contributed by atoms with E-state index in [1.165, 1.54) is 6.07 Å². The lowest BCUT2D eigenvalue weighted by molar-refractivity contribution is -0.384. The molecule has 2 aromatic carbocycles. The van der Waals surface area contributed by atoms with Gasteiger partial charge in [0.05, 0.1) is 15.9 Å². The molecule has 0 amide bonds. The lowest BCUT2D eigenvalue weighted by Crippen LogP contribution is -2.22. The van der Waals surface area contributed by atoms with Crippen molar-refractivity contribution in [2.45, 2.75) is 17.9 Å². The van der Waals surface area contributed by atoms with Crippen LogP contribution in [0.1, 0.15) is 18.5 Å². The van der Waals surface area contributed by atoms with Gasteiger partial charge in [0, 0.05) is 19.4 Å². The molecule has 2 aromatic rings. The van der Waals surface area contributed by atoms with Gasteiger partial charge in [0.25, 0.3) is 5.69 Å². The van der Waals surface area contributed by atoms with Gasteiger partial charge in [-0.25, -0.2) is 8.42 Å². The number of rotatable bonds is 5. The zero-order valence-corrected chi connectivity index (χ0v) is 13.9. The van der Waals surface area contributed by atoms with E-state index in [2.05, 4.69) is 0 Å². The quantitative estimate of drug-likeness (QED) is 0.619. The molecule has 0 fully saturated rings. The van der Waals surface area contributed by atoms with Gasteiger partial charge in [0.15, 0.2) is 9.84 Å². The minimum atomic E-state index is -3.24. The smallest absolute Gasteiger partial charge is 0.292 e. The van der Waals surface area contributed by atoms with Crippen LogP contribution in [0.15, 0.2) is 53.4 Å². The van der Waals surface area contributed by atoms with Crippen LogP contribution in [0.5, 0.6) is 0 Å². The van der Waals surface area contributed by atoms with Crippen LogP contribution >= 0.6 is 0 Å². The predicted molar refractivity (Wildman–Crippen MR) is 89.5 cm³/mol. The van der Waals surface area contributed by atoms with E-state index in [9.17, 15) is 18.5 Å². The Kier molecular flexibility index (Phi) is 4.70. The molecule has 122 valence electrons. The second kappa shape index (κ2) is 6.37. The molecule has 2 rings (SSSR count). The average molecular weight is 334 g/mol. The molecule has 0 aromatic heterocycles. The summed E-state index contributed by atoms with van der Waals surface area (Å²) < 4.78 is 23.0. The molecular formula is C16H18N2O4S. The SMILES string of the molecule is CC(c1ccc(S(C)(=O)=O)cc1)N(C)c1ccccc1[N+](=O)[O-]. The maximum absolute atomic E-state index is 11.5. The lowest BCUT2D eigenvalue weighted by atomic mass is 10.1. The first-order chi connectivity index (χ1) is 10.7. The van der Waals surface area contributed by atoms with Crippen LogP contribution in [-0.4, -0.2) is 26.6 Å². The third kappa shape index (κ3) is 3.68. The van der Waals surface area contributed by atoms with Gasteiger partial charge in [-0.1, -0.05) is 24.3 Å². The van der Waals surface area contributed by atoms with Crippen molar-refractivity contribution >= 4 is 21.2 Å². The van der Waals surface area contributed by atoms with Crippen molar-refractivity contribution in [3.05, 3.63) is 64.2 Å². The summed E-state index contributed by atoms with van der Waals surface area (Å²) in [5, 5.41) is 11.2. The summed E-state index contributed by atoms with van der Waals surface area (Å²) in [6.45, 7) is 1.91. The predicted octanol–water partition coefficient (Wildman–Crippen LogP) is 3.20. The number of sulfone groups is 1. The molecule has 0 spiro atoms. The van der Waals surface area contributed by atoms with Gasteiger partial charge in [0.2, 0.25) is 0 Å². The van der Waals surface area contributed by atoms with Crippen LogP contribution < -0.4 is 4.90 Å². The highest BCUT2D eigenvalue weighted by molar-refractivity contribution is 7.90. The Morgan fingerprint density at radius 2 is 1.65 bits per heavy atom. The third-order valence-electron chi connectivity index (χ3n) is 3.83. The molecule has 0 heterocycles. The normalized spacial score (nSPS) is 12.7. The molecule has 0 aliphatic rings. The van der Waals surface area contributed by atoms with E-state index in [1.807, 2.05) is 6.92 Å². The molecule has 0 saturated carbocycles. The van der Waals surface area contributed by atoms with E-state index in [4.69, 9.17) is 0 Å². The number of nitro benzene ring substituents is 1. The Hall–Kier alpha value is -2.41. The van der Waals surface area contributed by atoms with Crippen LogP contribution in [0.2, 0.25) is 0 Å². The molecule has 0 N–H and O–H groups in total. The van der Waals surface area contributed by atoms with Crippen LogP contribution in [0.25, 0.3) is 0 Å². The standard InChI is InChI=1S/C16H18N2O4S/c1-12(13-8-10-14(11-9-13)23(3,21)22)17(2)15-6-4-5-7-16(15)18(19)20/h4-12H,1-3H3. The van der Waals surface area contributed by atoms with Crippen molar-refractivity contribution in [2.75, 3.05) is 18.2 Å². The maximum atomic E-state index is 11.5. The summed E-state index contributed by atoms with van der Waals surface area (Å²) in [4.78, 5) is 12.8. The number of benzene rings is 2. The first kappa shape index (κ1) is 17.0. The fourth-order valence-electron chi connectivity index (χ4n) is 2.34. The molecule has 0 saturated heterocycles. The Bertz CT molecular complexity index is 816. The Labute approximate surface area is 135 Å². The average Bonchev–Trinajstić information content (AvgIpc) is 2.52. The van der Waals surface area contributed by atoms with Crippen molar-refractivity contribution in [3.8, 4) is 0 Å². The molecule has 7 heteroatoms. The third-order valence-corrected chi connectivity index (χ3v) is 4.96. The zero-order chi connectivity index (χ0) is 17.2. The van der Waals surface area contributed by atoms with Gasteiger partial charge in [0.1, 0.15) is 5.69 Å². The molecule has 1 atom stereocenters. The van der Waals surface area contributed by atoms with Gasteiger partial charge in [-0.05, 0) is 30.7 Å². The Balaban J connectivity index is 2.33. The van der Waals surface area contributed by atoms with Crippen LogP contribution in [0, 0.1) is 10.1 Å². The van der Waals surface area contributed by atoms with E-state index in [1.54, 1.807) is 54.4 Å². The summed E-state index contributed by atoms with van der Waals surface area (Å²) in [7, 11) is -1.46. The summed E-state index contributed by atoms with van der Waals surface area (Å²) in [5.41, 5.74) is 1.42. The van der Waals surface area contributed by atoms with Gasteiger partial charge in [-0.15, -0.1) is 0 Å². The zero-order valence-electron chi connectivity index (χ0n) is 13.1. The van der Waals surface area contributed by atoms with Crippen LogP contribution in [-0.2, 0) is 9.84 Å². The molecule has 6 nitrogen and oxygen atoms in total. The second-order valence-corrected chi connectivity index (χ2v) is 7.39. The molecule has 0 aliphatic heterocycles. The number of hydrogen-bond acceptors (Lipinski definition) is 5. The van der Waals surface area contributed by atoms with Crippen LogP contribution in [0.4, 0.5) is 11.4 Å². The first-order valence-corrected chi connectivity index (χ1v) is 8.87. The Morgan fingerprint density at radius 1 is 1.09 bits per heavy atom. The van der Waals surface area contributed by atoms with Gasteiger partial charge in [-0.2, -0.15) is 0 Å². The van der Waals surface area contributed by atoms with Crippen molar-refractivity contribution in [1.82, 2.24) is 0 Å². The number of nitro groups is 1. The van der Waals surface area contributed by atoms with E-state index in [0.717, 1.165) is 11.8 Å². The maximum Gasteiger partial charge on any atom is 0.292 e. The van der Waals surface area contributed by atoms with Crippen molar-refractivity contribution in [1.29, 1.82) is 0 Å². The highest BCUT2D eigenvalue weighted by Gasteiger charge is 2.21. The molecule has 0 radical (unpaired) electrons. The minimum Gasteiger partial charge on any atom is -0.362 e. The summed E-state index contributed by atoms with van der Waals surface area (Å²) >= 11 is 0. The highest BCUT2D eigenvalue weighted by atomic mass is 32.2. The van der Waals surface area contributed by atoms with Crippen molar-refractivity contribution < 1.29 is 13.3 Å². The van der Waals surface area contributed by atoms with E-state index < -0.39 is 14.8 Å². The van der Waals surface area contributed by atoms with Crippen LogP contribution in [0.3, 0.4) is 0 Å². The molecular weight excluding hydrogens is 316 g/mol. The molecule has 23 heavy (non-hydrogen) atoms. The lowest BCUT2D eigenvalue weighted by Gasteiger charge is -2.27. The summed E-state index contributed by atoms with van der Waals surface area (Å²) in [5.74, 6) is 0. The Morgan fingerprint density at radius 3 is 2.17 bits per heavy atom. The first-order valence-electron chi connectivity index (χ1n) is 6.98. The largest absolute Gasteiger partial charge is 0.362 e. The van der Waals surface area contributed by atoms with Gasteiger partial charge < -0.3 is 4.90 Å². The second-order valence-electron chi connectivity index (χ2n) is 5.37. The van der Waals surface area contributed by atoms with Gasteiger partial charge in [-0.3, -0.25) is 10.1 Å². The molecule has 1 unspecified atom stereocenters. The monoisotopic (exact) mass is 334 g/mol. The van der Waals surface area contributed by atoms with E-state index in [-0.39, 0.29) is 16.6 Å². The van der Waals surface area contributed by atoms with Crippen molar-refractivity contribution in [3.63, 3.8) is 0 Å². The van der Waals surface area contributed by atoms with Crippen molar-refractivity contribution in [2.24, 2.45) is 0 Å². The fraction of sp³-hybridized carbons (Fsp3) is 0.250. The fourth-order valence-corrected chi connectivity index (χ4v) is 2.97. The number of nitrogens with zero attached hydrogens (tertiary/aromatic N) is 2. The number of hydrogen-bond donors (Lipinski definition) is 0. The van der Waals surface area contributed by atoms with E-state index >= 15 is 0 Å².